The quantitative estimate of drug-likeness (QED) is 0.173. The van der Waals surface area contributed by atoms with Gasteiger partial charge >= 0.3 is 0 Å². The van der Waals surface area contributed by atoms with Crippen molar-refractivity contribution in [2.24, 2.45) is 10.8 Å². The third-order valence-electron chi connectivity index (χ3n) is 4.78. The molecule has 0 saturated heterocycles. The van der Waals surface area contributed by atoms with Crippen LogP contribution in [0.2, 0.25) is 0 Å². The molecular formula is C23H31N4O2PS. The lowest BCUT2D eigenvalue weighted by Crippen LogP contribution is -2.27. The number of aromatic nitrogens is 1. The highest BCUT2D eigenvalue weighted by Crippen LogP contribution is 2.35. The van der Waals surface area contributed by atoms with Crippen molar-refractivity contribution in [3.05, 3.63) is 59.1 Å². The highest BCUT2D eigenvalue weighted by Gasteiger charge is 2.11. The third kappa shape index (κ3) is 7.18. The Morgan fingerprint density at radius 1 is 1.39 bits per heavy atom. The average molecular weight is 459 g/mol. The Labute approximate surface area is 191 Å². The van der Waals surface area contributed by atoms with Crippen molar-refractivity contribution in [2.45, 2.75) is 26.7 Å². The van der Waals surface area contributed by atoms with Gasteiger partial charge in [0, 0.05) is 24.6 Å². The summed E-state index contributed by atoms with van der Waals surface area (Å²) in [6.07, 6.45) is 5.62. The van der Waals surface area contributed by atoms with Gasteiger partial charge in [-0.2, -0.15) is 5.10 Å². The van der Waals surface area contributed by atoms with E-state index < -0.39 is 0 Å². The SMILES string of the molecule is C=CP/C(=C\C)c1cc(/C=N/N(C)C(N)=S)c2cc(CCCOCCO)c(C)cc2n1. The molecule has 0 aliphatic rings. The Bertz CT molecular complexity index is 991. The largest absolute Gasteiger partial charge is 0.394 e. The molecular weight excluding hydrogens is 427 g/mol. The predicted octanol–water partition coefficient (Wildman–Crippen LogP) is 4.18. The van der Waals surface area contributed by atoms with Gasteiger partial charge in [0.2, 0.25) is 0 Å². The van der Waals surface area contributed by atoms with Crippen molar-refractivity contribution in [1.82, 2.24) is 9.99 Å². The summed E-state index contributed by atoms with van der Waals surface area (Å²) in [5, 5.41) is 17.1. The van der Waals surface area contributed by atoms with Crippen LogP contribution in [0, 0.1) is 6.92 Å². The van der Waals surface area contributed by atoms with Gasteiger partial charge in [0.15, 0.2) is 5.11 Å². The summed E-state index contributed by atoms with van der Waals surface area (Å²) < 4.78 is 5.39. The fourth-order valence-electron chi connectivity index (χ4n) is 3.11. The third-order valence-corrected chi connectivity index (χ3v) is 6.10. The second kappa shape index (κ2) is 12.6. The van der Waals surface area contributed by atoms with Crippen LogP contribution < -0.4 is 5.73 Å². The maximum Gasteiger partial charge on any atom is 0.186 e. The first-order valence-electron chi connectivity index (χ1n) is 10.1. The lowest BCUT2D eigenvalue weighted by atomic mass is 9.98. The van der Waals surface area contributed by atoms with Crippen LogP contribution in [0.25, 0.3) is 16.2 Å². The van der Waals surface area contributed by atoms with Crippen molar-refractivity contribution in [1.29, 1.82) is 0 Å². The van der Waals surface area contributed by atoms with Gasteiger partial charge in [-0.25, -0.2) is 9.99 Å². The molecule has 1 aromatic carbocycles. The first kappa shape index (κ1) is 25.1. The van der Waals surface area contributed by atoms with Crippen LogP contribution in [0.5, 0.6) is 0 Å². The van der Waals surface area contributed by atoms with E-state index in [1.165, 1.54) is 16.1 Å². The number of hydrogen-bond donors (Lipinski definition) is 2. The Balaban J connectivity index is 2.50. The van der Waals surface area contributed by atoms with Gasteiger partial charge in [-0.1, -0.05) is 27.1 Å². The van der Waals surface area contributed by atoms with E-state index in [0.29, 0.717) is 21.8 Å². The van der Waals surface area contributed by atoms with E-state index in [1.54, 1.807) is 13.3 Å². The first-order chi connectivity index (χ1) is 14.9. The number of allylic oxidation sites excluding steroid dienone is 1. The van der Waals surface area contributed by atoms with Gasteiger partial charge in [0.1, 0.15) is 0 Å². The molecule has 1 aromatic heterocycles. The second-order valence-electron chi connectivity index (χ2n) is 6.99. The van der Waals surface area contributed by atoms with Crippen molar-refractivity contribution < 1.29 is 9.84 Å². The molecule has 0 bridgehead atoms. The molecule has 2 aromatic rings. The number of aliphatic hydroxyl groups excluding tert-OH is 1. The average Bonchev–Trinajstić information content (AvgIpc) is 2.75. The van der Waals surface area contributed by atoms with Crippen LogP contribution in [-0.4, -0.2) is 53.3 Å². The molecule has 0 aliphatic heterocycles. The molecule has 0 aliphatic carbocycles. The van der Waals surface area contributed by atoms with Crippen molar-refractivity contribution in [3.8, 4) is 0 Å². The fourth-order valence-corrected chi connectivity index (χ4v) is 3.82. The topological polar surface area (TPSA) is 84.0 Å². The van der Waals surface area contributed by atoms with Crippen LogP contribution in [0.1, 0.15) is 35.7 Å². The van der Waals surface area contributed by atoms with Crippen LogP contribution >= 0.6 is 20.8 Å². The molecule has 2 rings (SSSR count). The van der Waals surface area contributed by atoms with Crippen molar-refractivity contribution in [3.63, 3.8) is 0 Å². The number of rotatable bonds is 11. The van der Waals surface area contributed by atoms with Crippen LogP contribution in [0.4, 0.5) is 0 Å². The molecule has 8 heteroatoms. The van der Waals surface area contributed by atoms with Gasteiger partial charge in [0.25, 0.3) is 0 Å². The number of nitrogens with zero attached hydrogens (tertiary/aromatic N) is 3. The number of hydrazone groups is 1. The smallest absolute Gasteiger partial charge is 0.186 e. The lowest BCUT2D eigenvalue weighted by Gasteiger charge is -2.14. The van der Waals surface area contributed by atoms with Gasteiger partial charge in [-0.15, -0.1) is 0 Å². The molecule has 1 atom stereocenters. The Morgan fingerprint density at radius 2 is 2.16 bits per heavy atom. The van der Waals surface area contributed by atoms with Gasteiger partial charge in [0.05, 0.1) is 30.6 Å². The van der Waals surface area contributed by atoms with E-state index in [0.717, 1.165) is 40.3 Å². The van der Waals surface area contributed by atoms with Crippen molar-refractivity contribution in [2.75, 3.05) is 26.9 Å². The highest BCUT2D eigenvalue weighted by molar-refractivity contribution is 7.80. The van der Waals surface area contributed by atoms with E-state index in [4.69, 9.17) is 32.8 Å². The molecule has 0 spiro atoms. The Hall–Kier alpha value is -2.18. The standard InChI is InChI=1S/C23H31N4O2PS/c1-5-22(30-6-2)21-14-18(15-25-27(4)23(24)31)19-13-17(8-7-10-29-11-9-28)16(3)12-20(19)26-21/h5-6,12-15,28,30H,2,7-11H2,1,3-4H3,(H2,24,31)/b22-5-,25-15+. The Kier molecular flexibility index (Phi) is 10.2. The highest BCUT2D eigenvalue weighted by atomic mass is 32.1. The predicted molar refractivity (Wildman–Crippen MR) is 137 cm³/mol. The van der Waals surface area contributed by atoms with E-state index in [1.807, 2.05) is 12.7 Å². The summed E-state index contributed by atoms with van der Waals surface area (Å²) in [5.74, 6) is 1.91. The molecule has 3 N–H and O–H groups in total. The zero-order valence-electron chi connectivity index (χ0n) is 18.4. The molecule has 0 fully saturated rings. The number of ether oxygens (including phenoxy) is 1. The first-order valence-corrected chi connectivity index (χ1v) is 11.6. The summed E-state index contributed by atoms with van der Waals surface area (Å²) in [4.78, 5) is 4.92. The summed E-state index contributed by atoms with van der Waals surface area (Å²) in [6, 6.07) is 6.36. The van der Waals surface area contributed by atoms with Crippen LogP contribution in [-0.2, 0) is 11.2 Å². The molecule has 6 nitrogen and oxygen atoms in total. The fraction of sp³-hybridized carbons (Fsp3) is 0.348. The van der Waals surface area contributed by atoms with E-state index >= 15 is 0 Å². The zero-order chi connectivity index (χ0) is 22.8. The maximum absolute atomic E-state index is 8.84. The minimum Gasteiger partial charge on any atom is -0.394 e. The Morgan fingerprint density at radius 3 is 2.81 bits per heavy atom. The molecule has 0 saturated carbocycles. The molecule has 1 heterocycles. The lowest BCUT2D eigenvalue weighted by molar-refractivity contribution is 0.0909. The summed E-state index contributed by atoms with van der Waals surface area (Å²) in [5.41, 5.74) is 10.9. The van der Waals surface area contributed by atoms with Gasteiger partial charge in [-0.05, 0) is 73.5 Å². The van der Waals surface area contributed by atoms with E-state index in [-0.39, 0.29) is 11.7 Å². The number of hydrogen-bond acceptors (Lipinski definition) is 5. The molecule has 0 radical (unpaired) electrons. The summed E-state index contributed by atoms with van der Waals surface area (Å²) in [6.45, 7) is 9.03. The molecule has 1 unspecified atom stereocenters. The number of aliphatic hydroxyl groups is 1. The number of benzene rings is 1. The minimum absolute atomic E-state index is 0.0486. The number of aryl methyl sites for hydroxylation is 2. The maximum atomic E-state index is 8.84. The van der Waals surface area contributed by atoms with Gasteiger partial charge < -0.3 is 15.6 Å². The number of pyridine rings is 1. The number of fused-ring (bicyclic) bond motifs is 1. The normalized spacial score (nSPS) is 12.3. The van der Waals surface area contributed by atoms with Crippen LogP contribution in [0.3, 0.4) is 0 Å². The number of nitrogens with two attached hydrogens (primary N) is 1. The zero-order valence-corrected chi connectivity index (χ0v) is 20.2. The molecule has 0 amide bonds. The molecule has 31 heavy (non-hydrogen) atoms. The van der Waals surface area contributed by atoms with E-state index in [2.05, 4.69) is 42.9 Å². The number of thiocarbonyl (C=S) groups is 1. The molecule has 166 valence electrons. The van der Waals surface area contributed by atoms with Crippen molar-refractivity contribution >= 4 is 48.3 Å². The summed E-state index contributed by atoms with van der Waals surface area (Å²) >= 11 is 5.00. The summed E-state index contributed by atoms with van der Waals surface area (Å²) in [7, 11) is 2.20. The minimum atomic E-state index is 0.0486. The monoisotopic (exact) mass is 458 g/mol. The second-order valence-corrected chi connectivity index (χ2v) is 8.64. The van der Waals surface area contributed by atoms with Gasteiger partial charge in [-0.3, -0.25) is 0 Å². The van der Waals surface area contributed by atoms with Crippen LogP contribution in [0.15, 0.2) is 41.8 Å². The van der Waals surface area contributed by atoms with E-state index in [9.17, 15) is 0 Å².